The van der Waals surface area contributed by atoms with Crippen molar-refractivity contribution in [1.29, 1.82) is 0 Å². The SMILES string of the molecule is Cn1ccnc1[C@@H](NS(=O)(=O)c1ccc2c(c1)CCC2)c1ccccc1. The summed E-state index contributed by atoms with van der Waals surface area (Å²) in [6, 6.07) is 14.4. The van der Waals surface area contributed by atoms with Crippen molar-refractivity contribution in [2.45, 2.75) is 30.2 Å². The summed E-state index contributed by atoms with van der Waals surface area (Å²) in [4.78, 5) is 4.68. The number of nitrogens with one attached hydrogen (secondary N) is 1. The van der Waals surface area contributed by atoms with Crippen LogP contribution in [-0.4, -0.2) is 18.0 Å². The lowest BCUT2D eigenvalue weighted by atomic mass is 10.1. The van der Waals surface area contributed by atoms with Gasteiger partial charge in [-0.05, 0) is 48.1 Å². The van der Waals surface area contributed by atoms with E-state index in [9.17, 15) is 8.42 Å². The van der Waals surface area contributed by atoms with Crippen molar-refractivity contribution in [2.24, 2.45) is 7.05 Å². The summed E-state index contributed by atoms with van der Waals surface area (Å²) in [5.41, 5.74) is 3.25. The first-order valence-electron chi connectivity index (χ1n) is 8.71. The zero-order valence-corrected chi connectivity index (χ0v) is 15.4. The number of fused-ring (bicyclic) bond motifs is 1. The molecule has 4 rings (SSSR count). The minimum Gasteiger partial charge on any atom is -0.336 e. The molecule has 0 amide bonds. The maximum Gasteiger partial charge on any atom is 0.241 e. The van der Waals surface area contributed by atoms with Crippen LogP contribution in [0.3, 0.4) is 0 Å². The third-order valence-electron chi connectivity index (χ3n) is 4.90. The van der Waals surface area contributed by atoms with Gasteiger partial charge in [0, 0.05) is 19.4 Å². The molecule has 0 radical (unpaired) electrons. The first kappa shape index (κ1) is 17.0. The maximum absolute atomic E-state index is 13.1. The van der Waals surface area contributed by atoms with Gasteiger partial charge in [0.15, 0.2) is 0 Å². The van der Waals surface area contributed by atoms with Crippen LogP contribution in [0, 0.1) is 0 Å². The Labute approximate surface area is 153 Å². The first-order valence-corrected chi connectivity index (χ1v) is 10.2. The molecule has 1 atom stereocenters. The zero-order chi connectivity index (χ0) is 18.1. The molecule has 2 aromatic carbocycles. The second-order valence-corrected chi connectivity index (χ2v) is 8.36. The molecule has 1 aliphatic rings. The van der Waals surface area contributed by atoms with Gasteiger partial charge in [0.05, 0.1) is 4.90 Å². The van der Waals surface area contributed by atoms with Gasteiger partial charge in [-0.3, -0.25) is 0 Å². The number of hydrogen-bond acceptors (Lipinski definition) is 3. The van der Waals surface area contributed by atoms with E-state index < -0.39 is 16.1 Å². The summed E-state index contributed by atoms with van der Waals surface area (Å²) in [5.74, 6) is 0.654. The Bertz CT molecular complexity index is 1030. The average molecular weight is 367 g/mol. The largest absolute Gasteiger partial charge is 0.336 e. The van der Waals surface area contributed by atoms with Gasteiger partial charge in [-0.25, -0.2) is 13.4 Å². The third kappa shape index (κ3) is 3.18. The third-order valence-corrected chi connectivity index (χ3v) is 6.32. The average Bonchev–Trinajstić information content (AvgIpc) is 3.28. The molecular weight excluding hydrogens is 346 g/mol. The van der Waals surface area contributed by atoms with E-state index in [0.29, 0.717) is 10.7 Å². The number of sulfonamides is 1. The Morgan fingerprint density at radius 3 is 2.58 bits per heavy atom. The fraction of sp³-hybridized carbons (Fsp3) is 0.250. The minimum absolute atomic E-state index is 0.313. The lowest BCUT2D eigenvalue weighted by Gasteiger charge is -2.19. The number of aryl methyl sites for hydroxylation is 3. The molecule has 134 valence electrons. The molecule has 1 N–H and O–H groups in total. The van der Waals surface area contributed by atoms with Crippen molar-refractivity contribution in [1.82, 2.24) is 14.3 Å². The Morgan fingerprint density at radius 1 is 1.08 bits per heavy atom. The van der Waals surface area contributed by atoms with E-state index in [1.54, 1.807) is 12.3 Å². The number of nitrogens with zero attached hydrogens (tertiary/aromatic N) is 2. The highest BCUT2D eigenvalue weighted by molar-refractivity contribution is 7.89. The topological polar surface area (TPSA) is 64.0 Å². The Morgan fingerprint density at radius 2 is 1.85 bits per heavy atom. The molecule has 3 aromatic rings. The minimum atomic E-state index is -3.68. The predicted molar refractivity (Wildman–Crippen MR) is 100 cm³/mol. The summed E-state index contributed by atoms with van der Waals surface area (Å²) in [6.07, 6.45) is 6.55. The number of imidazole rings is 1. The summed E-state index contributed by atoms with van der Waals surface area (Å²) < 4.78 is 30.8. The monoisotopic (exact) mass is 367 g/mol. The van der Waals surface area contributed by atoms with Gasteiger partial charge in [0.1, 0.15) is 11.9 Å². The van der Waals surface area contributed by atoms with Crippen LogP contribution in [0.2, 0.25) is 0 Å². The Hall–Kier alpha value is -2.44. The van der Waals surface area contributed by atoms with Crippen molar-refractivity contribution in [2.75, 3.05) is 0 Å². The van der Waals surface area contributed by atoms with E-state index in [-0.39, 0.29) is 0 Å². The summed E-state index contributed by atoms with van der Waals surface area (Å²) in [5, 5.41) is 0. The lowest BCUT2D eigenvalue weighted by molar-refractivity contribution is 0.562. The van der Waals surface area contributed by atoms with Crippen LogP contribution in [-0.2, 0) is 29.9 Å². The summed E-state index contributed by atoms with van der Waals surface area (Å²) in [6.45, 7) is 0. The van der Waals surface area contributed by atoms with Gasteiger partial charge < -0.3 is 4.57 Å². The van der Waals surface area contributed by atoms with E-state index >= 15 is 0 Å². The van der Waals surface area contributed by atoms with Crippen LogP contribution in [0.15, 0.2) is 65.8 Å². The number of rotatable bonds is 5. The summed E-state index contributed by atoms with van der Waals surface area (Å²) in [7, 11) is -1.81. The van der Waals surface area contributed by atoms with Crippen LogP contribution in [0.4, 0.5) is 0 Å². The van der Waals surface area contributed by atoms with Gasteiger partial charge in [-0.1, -0.05) is 36.4 Å². The number of aromatic nitrogens is 2. The molecule has 26 heavy (non-hydrogen) atoms. The molecule has 0 unspecified atom stereocenters. The standard InChI is InChI=1S/C20H21N3O2S/c1-23-13-12-21-20(23)19(16-6-3-2-4-7-16)22-26(24,25)18-11-10-15-8-5-9-17(15)14-18/h2-4,6-7,10-14,19,22H,5,8-9H2,1H3/t19-/m0/s1. The summed E-state index contributed by atoms with van der Waals surface area (Å²) >= 11 is 0. The van der Waals surface area contributed by atoms with Gasteiger partial charge in [-0.15, -0.1) is 0 Å². The van der Waals surface area contributed by atoms with Crippen LogP contribution in [0.5, 0.6) is 0 Å². The molecule has 0 aliphatic heterocycles. The van der Waals surface area contributed by atoms with Crippen LogP contribution < -0.4 is 4.72 Å². The van der Waals surface area contributed by atoms with Crippen molar-refractivity contribution >= 4 is 10.0 Å². The fourth-order valence-electron chi connectivity index (χ4n) is 3.51. The Balaban J connectivity index is 1.72. The van der Waals surface area contributed by atoms with Gasteiger partial charge in [0.25, 0.3) is 0 Å². The highest BCUT2D eigenvalue weighted by atomic mass is 32.2. The predicted octanol–water partition coefficient (Wildman–Crippen LogP) is 2.98. The smallest absolute Gasteiger partial charge is 0.241 e. The molecule has 1 aromatic heterocycles. The quantitative estimate of drug-likeness (QED) is 0.754. The zero-order valence-electron chi connectivity index (χ0n) is 14.6. The van der Waals surface area contributed by atoms with E-state index in [2.05, 4.69) is 9.71 Å². The van der Waals surface area contributed by atoms with Crippen LogP contribution in [0.1, 0.15) is 35.0 Å². The fourth-order valence-corrected chi connectivity index (χ4v) is 4.74. The first-order chi connectivity index (χ1) is 12.5. The molecule has 1 heterocycles. The van der Waals surface area contributed by atoms with Crippen molar-refractivity contribution in [3.05, 3.63) is 83.4 Å². The van der Waals surface area contributed by atoms with Gasteiger partial charge in [-0.2, -0.15) is 4.72 Å². The van der Waals surface area contributed by atoms with E-state index in [1.165, 1.54) is 5.56 Å². The molecule has 0 bridgehead atoms. The molecule has 0 spiro atoms. The van der Waals surface area contributed by atoms with E-state index in [0.717, 1.165) is 30.4 Å². The van der Waals surface area contributed by atoms with Crippen LogP contribution >= 0.6 is 0 Å². The van der Waals surface area contributed by atoms with Crippen LogP contribution in [0.25, 0.3) is 0 Å². The van der Waals surface area contributed by atoms with E-state index in [4.69, 9.17) is 0 Å². The van der Waals surface area contributed by atoms with Crippen molar-refractivity contribution in [3.63, 3.8) is 0 Å². The normalized spacial score (nSPS) is 15.0. The van der Waals surface area contributed by atoms with E-state index in [1.807, 2.05) is 60.3 Å². The number of hydrogen-bond donors (Lipinski definition) is 1. The van der Waals surface area contributed by atoms with Gasteiger partial charge >= 0.3 is 0 Å². The second-order valence-electron chi connectivity index (χ2n) is 6.65. The Kier molecular flexibility index (Phi) is 4.38. The molecule has 6 heteroatoms. The number of benzene rings is 2. The lowest BCUT2D eigenvalue weighted by Crippen LogP contribution is -2.31. The second kappa shape index (κ2) is 6.70. The molecule has 0 fully saturated rings. The molecule has 0 saturated carbocycles. The highest BCUT2D eigenvalue weighted by Gasteiger charge is 2.26. The van der Waals surface area contributed by atoms with Gasteiger partial charge in [0.2, 0.25) is 10.0 Å². The van der Waals surface area contributed by atoms with Crippen molar-refractivity contribution < 1.29 is 8.42 Å². The molecule has 0 saturated heterocycles. The highest BCUT2D eigenvalue weighted by Crippen LogP contribution is 2.27. The maximum atomic E-state index is 13.1. The molecule has 1 aliphatic carbocycles. The molecular formula is C20H21N3O2S. The van der Waals surface area contributed by atoms with Crippen molar-refractivity contribution in [3.8, 4) is 0 Å². The molecule has 5 nitrogen and oxygen atoms in total.